The molecule has 2 rings (SSSR count). The summed E-state index contributed by atoms with van der Waals surface area (Å²) in [6, 6.07) is 9.91. The van der Waals surface area contributed by atoms with Crippen LogP contribution in [0.2, 0.25) is 0 Å². The maximum atomic E-state index is 9.66. The van der Waals surface area contributed by atoms with Crippen LogP contribution in [-0.2, 0) is 0 Å². The van der Waals surface area contributed by atoms with Gasteiger partial charge >= 0.3 is 0 Å². The number of nitriles is 1. The molecule has 2 unspecified atom stereocenters. The van der Waals surface area contributed by atoms with Gasteiger partial charge in [0.1, 0.15) is 6.07 Å². The van der Waals surface area contributed by atoms with Crippen molar-refractivity contribution in [2.45, 2.75) is 50.7 Å². The number of aliphatic hydroxyl groups excluding tert-OH is 2. The zero-order valence-electron chi connectivity index (χ0n) is 14.3. The van der Waals surface area contributed by atoms with E-state index in [0.29, 0.717) is 12.0 Å². The molecule has 24 heavy (non-hydrogen) atoms. The molecule has 0 amide bonds. The largest absolute Gasteiger partial charge is 0.395 e. The Morgan fingerprint density at radius 1 is 1.21 bits per heavy atom. The van der Waals surface area contributed by atoms with Gasteiger partial charge in [-0.15, -0.1) is 0 Å². The van der Waals surface area contributed by atoms with Crippen molar-refractivity contribution >= 4 is 5.69 Å². The first kappa shape index (κ1) is 18.7. The number of nitrogens with zero attached hydrogens (tertiary/aromatic N) is 2. The molecular formula is C19H29N3O2. The highest BCUT2D eigenvalue weighted by atomic mass is 16.3. The van der Waals surface area contributed by atoms with Crippen molar-refractivity contribution < 1.29 is 10.2 Å². The van der Waals surface area contributed by atoms with Crippen LogP contribution in [0.1, 0.15) is 44.1 Å². The van der Waals surface area contributed by atoms with Crippen LogP contribution in [0.15, 0.2) is 24.3 Å². The third-order valence-electron chi connectivity index (χ3n) is 4.76. The van der Waals surface area contributed by atoms with E-state index in [0.717, 1.165) is 51.0 Å². The minimum absolute atomic E-state index is 0.123. The minimum Gasteiger partial charge on any atom is -0.395 e. The van der Waals surface area contributed by atoms with Crippen LogP contribution in [0.4, 0.5) is 5.69 Å². The fourth-order valence-corrected chi connectivity index (χ4v) is 3.31. The van der Waals surface area contributed by atoms with Crippen molar-refractivity contribution in [2.24, 2.45) is 0 Å². The van der Waals surface area contributed by atoms with E-state index in [-0.39, 0.29) is 18.8 Å². The van der Waals surface area contributed by atoms with Gasteiger partial charge in [0.05, 0.1) is 24.0 Å². The number of benzene rings is 1. The quantitative estimate of drug-likeness (QED) is 0.605. The predicted octanol–water partition coefficient (Wildman–Crippen LogP) is 2.35. The van der Waals surface area contributed by atoms with Crippen molar-refractivity contribution in [3.8, 4) is 6.07 Å². The van der Waals surface area contributed by atoms with Crippen LogP contribution in [0.3, 0.4) is 0 Å². The molecule has 5 heteroatoms. The third-order valence-corrected chi connectivity index (χ3v) is 4.76. The first-order valence-corrected chi connectivity index (χ1v) is 9.00. The number of aliphatic hydroxyl groups is 2. The van der Waals surface area contributed by atoms with Crippen LogP contribution in [0, 0.1) is 11.3 Å². The molecule has 0 radical (unpaired) electrons. The van der Waals surface area contributed by atoms with E-state index in [1.807, 2.05) is 24.3 Å². The third kappa shape index (κ3) is 5.79. The molecular weight excluding hydrogens is 302 g/mol. The normalized spacial score (nSPS) is 21.4. The van der Waals surface area contributed by atoms with E-state index in [9.17, 15) is 10.2 Å². The number of para-hydroxylation sites is 1. The van der Waals surface area contributed by atoms with Gasteiger partial charge in [-0.3, -0.25) is 4.90 Å². The molecule has 0 saturated carbocycles. The SMILES string of the molecule is N#Cc1ccccc1NCCCCCCN1CCC(O)CC1CO. The fraction of sp³-hybridized carbons (Fsp3) is 0.632. The molecule has 2 atom stereocenters. The Kier molecular flexibility index (Phi) is 8.03. The lowest BCUT2D eigenvalue weighted by Gasteiger charge is -2.36. The maximum Gasteiger partial charge on any atom is 0.101 e. The average Bonchev–Trinajstić information content (AvgIpc) is 2.62. The summed E-state index contributed by atoms with van der Waals surface area (Å²) in [7, 11) is 0. The summed E-state index contributed by atoms with van der Waals surface area (Å²) in [4.78, 5) is 2.31. The molecule has 0 spiro atoms. The Bertz CT molecular complexity index is 530. The highest BCUT2D eigenvalue weighted by molar-refractivity contribution is 5.56. The zero-order valence-corrected chi connectivity index (χ0v) is 14.3. The molecule has 0 aromatic heterocycles. The van der Waals surface area contributed by atoms with Gasteiger partial charge < -0.3 is 15.5 Å². The molecule has 1 aliphatic heterocycles. The lowest BCUT2D eigenvalue weighted by atomic mass is 9.99. The van der Waals surface area contributed by atoms with Gasteiger partial charge in [0.25, 0.3) is 0 Å². The first-order valence-electron chi connectivity index (χ1n) is 9.00. The Labute approximate surface area is 144 Å². The van der Waals surface area contributed by atoms with Crippen LogP contribution >= 0.6 is 0 Å². The molecule has 1 heterocycles. The topological polar surface area (TPSA) is 79.5 Å². The van der Waals surface area contributed by atoms with Crippen molar-refractivity contribution in [1.29, 1.82) is 5.26 Å². The number of piperidine rings is 1. The lowest BCUT2D eigenvalue weighted by Crippen LogP contribution is -2.46. The van der Waals surface area contributed by atoms with E-state index in [1.54, 1.807) is 0 Å². The van der Waals surface area contributed by atoms with Crippen molar-refractivity contribution in [3.05, 3.63) is 29.8 Å². The van der Waals surface area contributed by atoms with Crippen LogP contribution in [-0.4, -0.2) is 53.5 Å². The van der Waals surface area contributed by atoms with Crippen LogP contribution < -0.4 is 5.32 Å². The molecule has 1 fully saturated rings. The number of nitrogens with one attached hydrogen (secondary N) is 1. The van der Waals surface area contributed by atoms with E-state index >= 15 is 0 Å². The second kappa shape index (κ2) is 10.3. The number of unbranched alkanes of at least 4 members (excludes halogenated alkanes) is 3. The first-order chi connectivity index (χ1) is 11.7. The van der Waals surface area contributed by atoms with Crippen LogP contribution in [0.5, 0.6) is 0 Å². The van der Waals surface area contributed by atoms with E-state index in [1.165, 1.54) is 6.42 Å². The summed E-state index contributed by atoms with van der Waals surface area (Å²) in [6.45, 7) is 2.91. The Hall–Kier alpha value is -1.61. The maximum absolute atomic E-state index is 9.66. The molecule has 1 aromatic rings. The molecule has 3 N–H and O–H groups in total. The van der Waals surface area contributed by atoms with Crippen molar-refractivity contribution in [1.82, 2.24) is 4.90 Å². The Morgan fingerprint density at radius 3 is 2.79 bits per heavy atom. The molecule has 132 valence electrons. The number of hydrogen-bond donors (Lipinski definition) is 3. The van der Waals surface area contributed by atoms with E-state index in [4.69, 9.17) is 5.26 Å². The number of anilines is 1. The molecule has 1 saturated heterocycles. The van der Waals surface area contributed by atoms with Gasteiger partial charge in [0.15, 0.2) is 0 Å². The van der Waals surface area contributed by atoms with Gasteiger partial charge in [-0.05, 0) is 44.4 Å². The summed E-state index contributed by atoms with van der Waals surface area (Å²) in [6.07, 6.45) is 5.79. The minimum atomic E-state index is -0.249. The molecule has 1 aliphatic rings. The molecule has 5 nitrogen and oxygen atoms in total. The Balaban J connectivity index is 1.56. The van der Waals surface area contributed by atoms with E-state index in [2.05, 4.69) is 16.3 Å². The van der Waals surface area contributed by atoms with Gasteiger partial charge in [0.2, 0.25) is 0 Å². The zero-order chi connectivity index (χ0) is 17.2. The summed E-state index contributed by atoms with van der Waals surface area (Å²) < 4.78 is 0. The number of rotatable bonds is 9. The van der Waals surface area contributed by atoms with Crippen molar-refractivity contribution in [2.75, 3.05) is 31.6 Å². The second-order valence-corrected chi connectivity index (χ2v) is 6.55. The molecule has 1 aromatic carbocycles. The highest BCUT2D eigenvalue weighted by Gasteiger charge is 2.25. The van der Waals surface area contributed by atoms with Gasteiger partial charge in [0, 0.05) is 19.1 Å². The number of hydrogen-bond acceptors (Lipinski definition) is 5. The monoisotopic (exact) mass is 331 g/mol. The molecule has 0 aliphatic carbocycles. The number of likely N-dealkylation sites (tertiary alicyclic amines) is 1. The van der Waals surface area contributed by atoms with Gasteiger partial charge in [-0.25, -0.2) is 0 Å². The summed E-state index contributed by atoms with van der Waals surface area (Å²) in [5, 5.41) is 31.5. The smallest absolute Gasteiger partial charge is 0.101 e. The van der Waals surface area contributed by atoms with E-state index < -0.39 is 0 Å². The Morgan fingerprint density at radius 2 is 2.00 bits per heavy atom. The summed E-state index contributed by atoms with van der Waals surface area (Å²) >= 11 is 0. The predicted molar refractivity (Wildman–Crippen MR) is 95.8 cm³/mol. The highest BCUT2D eigenvalue weighted by Crippen LogP contribution is 2.18. The van der Waals surface area contributed by atoms with Crippen molar-refractivity contribution in [3.63, 3.8) is 0 Å². The fourth-order valence-electron chi connectivity index (χ4n) is 3.31. The molecule has 0 bridgehead atoms. The van der Waals surface area contributed by atoms with Gasteiger partial charge in [-0.2, -0.15) is 5.26 Å². The average molecular weight is 331 g/mol. The summed E-state index contributed by atoms with van der Waals surface area (Å²) in [5.74, 6) is 0. The standard InChI is InChI=1S/C19H29N3O2/c20-14-16-7-3-4-8-19(16)21-10-5-1-2-6-11-22-12-9-18(24)13-17(22)15-23/h3-4,7-8,17-18,21,23-24H,1-2,5-6,9-13,15H2. The van der Waals surface area contributed by atoms with Gasteiger partial charge in [-0.1, -0.05) is 25.0 Å². The van der Waals surface area contributed by atoms with Crippen LogP contribution in [0.25, 0.3) is 0 Å². The second-order valence-electron chi connectivity index (χ2n) is 6.55. The summed E-state index contributed by atoms with van der Waals surface area (Å²) in [5.41, 5.74) is 1.61. The lowest BCUT2D eigenvalue weighted by molar-refractivity contribution is 0.0163.